The van der Waals surface area contributed by atoms with E-state index < -0.39 is 11.7 Å². The van der Waals surface area contributed by atoms with Crippen LogP contribution < -0.4 is 15.4 Å². The molecule has 2 aromatic carbocycles. The fourth-order valence-electron chi connectivity index (χ4n) is 2.24. The van der Waals surface area contributed by atoms with Crippen LogP contribution in [-0.2, 0) is 0 Å². The summed E-state index contributed by atoms with van der Waals surface area (Å²) in [4.78, 5) is 13.2. The quantitative estimate of drug-likeness (QED) is 0.833. The third-order valence-corrected chi connectivity index (χ3v) is 3.93. The maximum absolute atomic E-state index is 14.0. The fraction of sp³-hybridized carbons (Fsp3) is 0.235. The molecule has 2 aromatic rings. The van der Waals surface area contributed by atoms with E-state index in [4.69, 9.17) is 10.5 Å². The number of likely N-dealkylation sites (N-methyl/N-ethyl adjacent to an activating group) is 1. The highest BCUT2D eigenvalue weighted by atomic mass is 79.9. The number of rotatable bonds is 6. The molecule has 0 bridgehead atoms. The summed E-state index contributed by atoms with van der Waals surface area (Å²) in [5.74, 6) is -0.637. The number of nitrogens with two attached hydrogens (primary N) is 1. The molecule has 1 amide bonds. The van der Waals surface area contributed by atoms with E-state index in [1.165, 1.54) is 6.07 Å². The summed E-state index contributed by atoms with van der Waals surface area (Å²) in [5, 5.41) is 0. The standard InChI is InChI=1S/C17H18BrFN2O2/c1-11-5-3-4-6-15(11)23-8-7-21(2)14-10-12(18)9-13(19)16(14)17(20)22/h3-6,9-10H,7-8H2,1-2H3,(H2,20,22). The van der Waals surface area contributed by atoms with Gasteiger partial charge in [0.1, 0.15) is 18.2 Å². The van der Waals surface area contributed by atoms with Crippen molar-refractivity contribution >= 4 is 27.5 Å². The minimum atomic E-state index is -0.795. The monoisotopic (exact) mass is 380 g/mol. The molecule has 0 fully saturated rings. The molecular formula is C17H18BrFN2O2. The first-order valence-electron chi connectivity index (χ1n) is 7.08. The predicted molar refractivity (Wildman–Crippen MR) is 92.6 cm³/mol. The normalized spacial score (nSPS) is 10.4. The molecule has 2 N–H and O–H groups in total. The summed E-state index contributed by atoms with van der Waals surface area (Å²) >= 11 is 3.23. The summed E-state index contributed by atoms with van der Waals surface area (Å²) in [6.45, 7) is 2.84. The zero-order chi connectivity index (χ0) is 17.0. The molecule has 2 rings (SSSR count). The number of nitrogens with zero attached hydrogens (tertiary/aromatic N) is 1. The SMILES string of the molecule is Cc1ccccc1OCCN(C)c1cc(Br)cc(F)c1C(N)=O. The van der Waals surface area contributed by atoms with Gasteiger partial charge in [0.15, 0.2) is 0 Å². The molecule has 0 aliphatic rings. The Labute approximate surface area is 143 Å². The van der Waals surface area contributed by atoms with E-state index in [2.05, 4.69) is 15.9 Å². The molecule has 0 aliphatic heterocycles. The summed E-state index contributed by atoms with van der Waals surface area (Å²) in [6.07, 6.45) is 0. The summed E-state index contributed by atoms with van der Waals surface area (Å²) in [5.41, 5.74) is 6.64. The molecule has 0 radical (unpaired) electrons. The number of carbonyl (C=O) groups excluding carboxylic acids is 1. The number of halogens is 2. The van der Waals surface area contributed by atoms with Crippen LogP contribution in [0.1, 0.15) is 15.9 Å². The Morgan fingerprint density at radius 1 is 1.35 bits per heavy atom. The van der Waals surface area contributed by atoms with Crippen molar-refractivity contribution in [1.82, 2.24) is 0 Å². The van der Waals surface area contributed by atoms with Crippen LogP contribution in [0, 0.1) is 12.7 Å². The van der Waals surface area contributed by atoms with E-state index in [0.29, 0.717) is 23.3 Å². The molecule has 0 saturated heterocycles. The van der Waals surface area contributed by atoms with E-state index in [-0.39, 0.29) is 5.56 Å². The van der Waals surface area contributed by atoms with Gasteiger partial charge in [-0.15, -0.1) is 0 Å². The molecule has 0 aromatic heterocycles. The number of para-hydroxylation sites is 1. The van der Waals surface area contributed by atoms with E-state index in [1.807, 2.05) is 31.2 Å². The number of hydrogen-bond acceptors (Lipinski definition) is 3. The maximum Gasteiger partial charge on any atom is 0.253 e. The number of primary amides is 1. The van der Waals surface area contributed by atoms with Crippen LogP contribution >= 0.6 is 15.9 Å². The number of anilines is 1. The van der Waals surface area contributed by atoms with Crippen molar-refractivity contribution < 1.29 is 13.9 Å². The Kier molecular flexibility index (Phi) is 5.60. The lowest BCUT2D eigenvalue weighted by molar-refractivity contribution is 0.0997. The zero-order valence-corrected chi connectivity index (χ0v) is 14.6. The average Bonchev–Trinajstić information content (AvgIpc) is 2.47. The first-order chi connectivity index (χ1) is 10.9. The summed E-state index contributed by atoms with van der Waals surface area (Å²) < 4.78 is 20.2. The number of carbonyl (C=O) groups is 1. The van der Waals surface area contributed by atoms with Crippen LogP contribution in [-0.4, -0.2) is 26.1 Å². The van der Waals surface area contributed by atoms with E-state index in [1.54, 1.807) is 18.0 Å². The highest BCUT2D eigenvalue weighted by Crippen LogP contribution is 2.27. The van der Waals surface area contributed by atoms with Crippen LogP contribution in [0.2, 0.25) is 0 Å². The van der Waals surface area contributed by atoms with Gasteiger partial charge in [0.05, 0.1) is 17.8 Å². The topological polar surface area (TPSA) is 55.6 Å². The molecule has 4 nitrogen and oxygen atoms in total. The first-order valence-corrected chi connectivity index (χ1v) is 7.88. The van der Waals surface area contributed by atoms with E-state index >= 15 is 0 Å². The van der Waals surface area contributed by atoms with Crippen molar-refractivity contribution in [2.75, 3.05) is 25.1 Å². The molecule has 6 heteroatoms. The van der Waals surface area contributed by atoms with Gasteiger partial charge in [-0.1, -0.05) is 34.1 Å². The molecule has 0 aliphatic carbocycles. The lowest BCUT2D eigenvalue weighted by atomic mass is 10.1. The van der Waals surface area contributed by atoms with Gasteiger partial charge in [-0.2, -0.15) is 0 Å². The van der Waals surface area contributed by atoms with Gasteiger partial charge in [0.25, 0.3) is 5.91 Å². The van der Waals surface area contributed by atoms with Gasteiger partial charge in [-0.3, -0.25) is 4.79 Å². The highest BCUT2D eigenvalue weighted by molar-refractivity contribution is 9.10. The third-order valence-electron chi connectivity index (χ3n) is 3.47. The lowest BCUT2D eigenvalue weighted by Crippen LogP contribution is -2.27. The van der Waals surface area contributed by atoms with Crippen LogP contribution in [0.25, 0.3) is 0 Å². The Balaban J connectivity index is 2.10. The minimum absolute atomic E-state index is 0.119. The van der Waals surface area contributed by atoms with Crippen molar-refractivity contribution in [2.24, 2.45) is 5.73 Å². The second-order valence-corrected chi connectivity index (χ2v) is 6.10. The molecule has 0 atom stereocenters. The molecule has 0 heterocycles. The number of ether oxygens (including phenoxy) is 1. The van der Waals surface area contributed by atoms with Crippen LogP contribution in [0.3, 0.4) is 0 Å². The number of aryl methyl sites for hydroxylation is 1. The van der Waals surface area contributed by atoms with Gasteiger partial charge in [-0.25, -0.2) is 4.39 Å². The van der Waals surface area contributed by atoms with Crippen LogP contribution in [0.5, 0.6) is 5.75 Å². The zero-order valence-electron chi connectivity index (χ0n) is 13.0. The fourth-order valence-corrected chi connectivity index (χ4v) is 2.65. The van der Waals surface area contributed by atoms with Gasteiger partial charge >= 0.3 is 0 Å². The molecule has 0 unspecified atom stereocenters. The van der Waals surface area contributed by atoms with Crippen LogP contribution in [0.4, 0.5) is 10.1 Å². The predicted octanol–water partition coefficient (Wildman–Crippen LogP) is 3.51. The Bertz CT molecular complexity index is 722. The van der Waals surface area contributed by atoms with Gasteiger partial charge in [0, 0.05) is 11.5 Å². The molecular weight excluding hydrogens is 363 g/mol. The second-order valence-electron chi connectivity index (χ2n) is 5.18. The summed E-state index contributed by atoms with van der Waals surface area (Å²) in [6, 6.07) is 10.6. The molecule has 0 spiro atoms. The van der Waals surface area contributed by atoms with Crippen LogP contribution in [0.15, 0.2) is 40.9 Å². The Morgan fingerprint density at radius 3 is 2.70 bits per heavy atom. The van der Waals surface area contributed by atoms with Crippen molar-refractivity contribution in [3.8, 4) is 5.75 Å². The highest BCUT2D eigenvalue weighted by Gasteiger charge is 2.18. The van der Waals surface area contributed by atoms with Crippen molar-refractivity contribution in [3.63, 3.8) is 0 Å². The number of amides is 1. The van der Waals surface area contributed by atoms with Gasteiger partial charge in [0.2, 0.25) is 0 Å². The average molecular weight is 381 g/mol. The molecule has 122 valence electrons. The Hall–Kier alpha value is -2.08. The maximum atomic E-state index is 14.0. The lowest BCUT2D eigenvalue weighted by Gasteiger charge is -2.22. The van der Waals surface area contributed by atoms with Crippen molar-refractivity contribution in [2.45, 2.75) is 6.92 Å². The van der Waals surface area contributed by atoms with Gasteiger partial charge in [-0.05, 0) is 30.7 Å². The smallest absolute Gasteiger partial charge is 0.253 e. The second kappa shape index (κ2) is 7.46. The van der Waals surface area contributed by atoms with Gasteiger partial charge < -0.3 is 15.4 Å². The number of benzene rings is 2. The van der Waals surface area contributed by atoms with Crippen molar-refractivity contribution in [3.05, 3.63) is 57.8 Å². The van der Waals surface area contributed by atoms with E-state index in [0.717, 1.165) is 11.3 Å². The summed E-state index contributed by atoms with van der Waals surface area (Å²) in [7, 11) is 1.76. The van der Waals surface area contributed by atoms with E-state index in [9.17, 15) is 9.18 Å². The molecule has 23 heavy (non-hydrogen) atoms. The molecule has 0 saturated carbocycles. The largest absolute Gasteiger partial charge is 0.491 e. The first kappa shape index (κ1) is 17.3. The minimum Gasteiger partial charge on any atom is -0.491 e. The third kappa shape index (κ3) is 4.22. The number of hydrogen-bond donors (Lipinski definition) is 1. The Morgan fingerprint density at radius 2 is 2.04 bits per heavy atom. The van der Waals surface area contributed by atoms with Crippen molar-refractivity contribution in [1.29, 1.82) is 0 Å².